The molecule has 1 aromatic carbocycles. The summed E-state index contributed by atoms with van der Waals surface area (Å²) in [5.41, 5.74) is 0.754. The third kappa shape index (κ3) is 7.14. The molecule has 2 saturated heterocycles. The van der Waals surface area contributed by atoms with E-state index in [1.165, 1.54) is 6.92 Å². The molecule has 0 radical (unpaired) electrons. The quantitative estimate of drug-likeness (QED) is 0.212. The Bertz CT molecular complexity index is 1120. The largest absolute Gasteiger partial charge is 0.463 e. The predicted molar refractivity (Wildman–Crippen MR) is 133 cm³/mol. The van der Waals surface area contributed by atoms with Crippen molar-refractivity contribution in [1.82, 2.24) is 4.90 Å². The Labute approximate surface area is 222 Å². The lowest BCUT2D eigenvalue weighted by atomic mass is 9.96. The first-order chi connectivity index (χ1) is 17.5. The van der Waals surface area contributed by atoms with Gasteiger partial charge in [-0.1, -0.05) is 54.3 Å². The van der Waals surface area contributed by atoms with Crippen LogP contribution in [-0.2, 0) is 47.7 Å². The van der Waals surface area contributed by atoms with Gasteiger partial charge in [0.25, 0.3) is 5.91 Å². The molecule has 198 valence electrons. The first-order valence-electron chi connectivity index (χ1n) is 11.1. The highest BCUT2D eigenvalue weighted by Gasteiger charge is 2.56. The topological polar surface area (TPSA) is 135 Å². The molecule has 11 nitrogen and oxygen atoms in total. The summed E-state index contributed by atoms with van der Waals surface area (Å²) in [5.74, 6) is -3.50. The van der Waals surface area contributed by atoms with Gasteiger partial charge >= 0.3 is 23.9 Å². The van der Waals surface area contributed by atoms with Crippen molar-refractivity contribution in [3.63, 3.8) is 0 Å². The Morgan fingerprint density at radius 1 is 0.919 bits per heavy atom. The minimum atomic E-state index is -1.43. The van der Waals surface area contributed by atoms with Crippen molar-refractivity contribution in [2.45, 2.75) is 58.3 Å². The summed E-state index contributed by atoms with van der Waals surface area (Å²) in [6.07, 6.45) is -5.12. The molecule has 37 heavy (non-hydrogen) atoms. The number of esters is 4. The summed E-state index contributed by atoms with van der Waals surface area (Å²) in [4.78, 5) is 62.3. The number of ether oxygens (including phenoxy) is 5. The monoisotopic (exact) mass is 551 g/mol. The van der Waals surface area contributed by atoms with Gasteiger partial charge in [0.1, 0.15) is 12.7 Å². The van der Waals surface area contributed by atoms with E-state index in [-0.39, 0.29) is 9.23 Å². The van der Waals surface area contributed by atoms with Gasteiger partial charge in [0.05, 0.1) is 4.91 Å². The lowest BCUT2D eigenvalue weighted by Crippen LogP contribution is -2.66. The van der Waals surface area contributed by atoms with Crippen molar-refractivity contribution < 1.29 is 47.7 Å². The Hall–Kier alpha value is -3.29. The highest BCUT2D eigenvalue weighted by atomic mass is 32.2. The highest BCUT2D eigenvalue weighted by molar-refractivity contribution is 8.26. The molecule has 1 amide bonds. The summed E-state index contributed by atoms with van der Waals surface area (Å²) in [6.45, 7) is 4.11. The SMILES string of the molecule is CC(=O)OC[C@@H]1O[C@H](N2C(=O)/C(=C\c3ccccc3)SC2=S)[C@H](OC(C)=O)[C@@H](OC(C)=O)[C@H]1OC(C)=O. The van der Waals surface area contributed by atoms with Crippen LogP contribution < -0.4 is 0 Å². The van der Waals surface area contributed by atoms with Gasteiger partial charge < -0.3 is 23.7 Å². The molecule has 0 unspecified atom stereocenters. The maximum absolute atomic E-state index is 13.5. The number of carbonyl (C=O) groups excluding carboxylic acids is 5. The van der Waals surface area contributed by atoms with Crippen molar-refractivity contribution in [2.75, 3.05) is 6.61 Å². The average molecular weight is 552 g/mol. The first-order valence-corrected chi connectivity index (χ1v) is 12.3. The van der Waals surface area contributed by atoms with Gasteiger partial charge in [0.2, 0.25) is 0 Å². The lowest BCUT2D eigenvalue weighted by Gasteiger charge is -2.46. The zero-order valence-corrected chi connectivity index (χ0v) is 22.0. The predicted octanol–water partition coefficient (Wildman–Crippen LogP) is 1.97. The number of hydrogen-bond donors (Lipinski definition) is 0. The normalized spacial score (nSPS) is 26.5. The zero-order chi connectivity index (χ0) is 27.3. The van der Waals surface area contributed by atoms with Crippen LogP contribution in [0.4, 0.5) is 0 Å². The number of hydrogen-bond acceptors (Lipinski definition) is 12. The van der Waals surface area contributed by atoms with E-state index in [1.807, 2.05) is 18.2 Å². The highest BCUT2D eigenvalue weighted by Crippen LogP contribution is 2.39. The fraction of sp³-hybridized carbons (Fsp3) is 0.417. The van der Waals surface area contributed by atoms with Crippen LogP contribution in [0.3, 0.4) is 0 Å². The Morgan fingerprint density at radius 3 is 2.05 bits per heavy atom. The maximum Gasteiger partial charge on any atom is 0.303 e. The van der Waals surface area contributed by atoms with Gasteiger partial charge in [-0.15, -0.1) is 0 Å². The number of amides is 1. The van der Waals surface area contributed by atoms with Crippen molar-refractivity contribution in [2.24, 2.45) is 0 Å². The maximum atomic E-state index is 13.5. The van der Waals surface area contributed by atoms with Crippen molar-refractivity contribution >= 4 is 64.2 Å². The zero-order valence-electron chi connectivity index (χ0n) is 20.4. The molecule has 2 aliphatic heterocycles. The van der Waals surface area contributed by atoms with E-state index in [9.17, 15) is 24.0 Å². The Morgan fingerprint density at radius 2 is 1.49 bits per heavy atom. The molecule has 13 heteroatoms. The number of carbonyl (C=O) groups is 5. The minimum Gasteiger partial charge on any atom is -0.463 e. The Kier molecular flexibility index (Phi) is 9.40. The van der Waals surface area contributed by atoms with Crippen LogP contribution in [0.5, 0.6) is 0 Å². The van der Waals surface area contributed by atoms with Crippen LogP contribution in [0.2, 0.25) is 0 Å². The molecular weight excluding hydrogens is 526 g/mol. The van der Waals surface area contributed by atoms with Crippen molar-refractivity contribution in [1.29, 1.82) is 0 Å². The smallest absolute Gasteiger partial charge is 0.303 e. The number of nitrogens with zero attached hydrogens (tertiary/aromatic N) is 1. The molecule has 2 heterocycles. The van der Waals surface area contributed by atoms with Gasteiger partial charge in [-0.3, -0.25) is 28.9 Å². The van der Waals surface area contributed by atoms with Gasteiger partial charge in [0.15, 0.2) is 28.9 Å². The van der Waals surface area contributed by atoms with Gasteiger partial charge in [-0.2, -0.15) is 0 Å². The van der Waals surface area contributed by atoms with E-state index in [0.29, 0.717) is 0 Å². The fourth-order valence-electron chi connectivity index (χ4n) is 3.81. The second kappa shape index (κ2) is 12.3. The molecule has 0 N–H and O–H groups in total. The van der Waals surface area contributed by atoms with Crippen LogP contribution in [0.1, 0.15) is 33.3 Å². The molecule has 2 fully saturated rings. The van der Waals surface area contributed by atoms with Gasteiger partial charge in [0, 0.05) is 27.7 Å². The van der Waals surface area contributed by atoms with Crippen LogP contribution >= 0.6 is 24.0 Å². The lowest BCUT2D eigenvalue weighted by molar-refractivity contribution is -0.268. The number of rotatable bonds is 7. The minimum absolute atomic E-state index is 0.0908. The molecule has 5 atom stereocenters. The molecule has 0 aliphatic carbocycles. The van der Waals surface area contributed by atoms with E-state index >= 15 is 0 Å². The summed E-state index contributed by atoms with van der Waals surface area (Å²) in [7, 11) is 0. The second-order valence-electron chi connectivity index (χ2n) is 8.05. The molecule has 3 rings (SSSR count). The summed E-state index contributed by atoms with van der Waals surface area (Å²) < 4.78 is 27.4. The van der Waals surface area contributed by atoms with Crippen molar-refractivity contribution in [3.05, 3.63) is 40.8 Å². The first kappa shape index (κ1) is 28.3. The number of benzene rings is 1. The molecule has 1 aromatic rings. The summed E-state index contributed by atoms with van der Waals surface area (Å²) in [6, 6.07) is 9.07. The van der Waals surface area contributed by atoms with Crippen LogP contribution in [0.15, 0.2) is 35.2 Å². The second-order valence-corrected chi connectivity index (χ2v) is 9.73. The molecular formula is C24H25NO10S2. The fourth-order valence-corrected chi connectivity index (χ4v) is 5.12. The Balaban J connectivity index is 2.05. The van der Waals surface area contributed by atoms with Crippen molar-refractivity contribution in [3.8, 4) is 0 Å². The van der Waals surface area contributed by atoms with E-state index in [0.717, 1.165) is 43.0 Å². The molecule has 2 aliphatic rings. The van der Waals surface area contributed by atoms with Gasteiger partial charge in [-0.05, 0) is 11.6 Å². The van der Waals surface area contributed by atoms with Crippen LogP contribution in [0.25, 0.3) is 6.08 Å². The van der Waals surface area contributed by atoms with E-state index in [2.05, 4.69) is 0 Å². The van der Waals surface area contributed by atoms with E-state index in [1.54, 1.807) is 18.2 Å². The molecule has 0 saturated carbocycles. The molecule has 0 bridgehead atoms. The molecule has 0 spiro atoms. The van der Waals surface area contributed by atoms with Crippen LogP contribution in [-0.4, -0.2) is 76.3 Å². The third-order valence-corrected chi connectivity index (χ3v) is 6.47. The average Bonchev–Trinajstić information content (AvgIpc) is 3.07. The summed E-state index contributed by atoms with van der Waals surface area (Å²) >= 11 is 6.46. The number of thiocarbonyl (C=S) groups is 1. The third-order valence-electron chi connectivity index (χ3n) is 5.14. The van der Waals surface area contributed by atoms with Crippen LogP contribution in [0, 0.1) is 0 Å². The van der Waals surface area contributed by atoms with E-state index in [4.69, 9.17) is 35.9 Å². The standard InChI is InChI=1S/C24H25NO10S2/c1-12(26)31-11-17-19(32-13(2)27)20(33-14(3)28)21(34-15(4)29)23(35-17)25-22(30)18(37-24(25)36)10-16-8-6-5-7-9-16/h5-10,17,19-21,23H,11H2,1-4H3/b18-10+/t17-,19-,20-,21+,23-/m0/s1. The van der Waals surface area contributed by atoms with E-state index < -0.39 is 67.0 Å². The molecule has 0 aromatic heterocycles. The van der Waals surface area contributed by atoms with Gasteiger partial charge in [-0.25, -0.2) is 0 Å². The number of thioether (sulfide) groups is 1. The summed E-state index contributed by atoms with van der Waals surface area (Å²) in [5, 5.41) is 0.